The molecular weight excluding hydrogens is 258 g/mol. The van der Waals surface area contributed by atoms with E-state index in [2.05, 4.69) is 4.98 Å². The van der Waals surface area contributed by atoms with Gasteiger partial charge >= 0.3 is 11.9 Å². The van der Waals surface area contributed by atoms with Crippen LogP contribution >= 0.6 is 0 Å². The minimum atomic E-state index is -1.21. The first kappa shape index (κ1) is 12.5. The molecule has 1 aromatic carbocycles. The van der Waals surface area contributed by atoms with Gasteiger partial charge in [0.15, 0.2) is 0 Å². The van der Waals surface area contributed by atoms with E-state index in [-0.39, 0.29) is 5.57 Å². The molecule has 20 heavy (non-hydrogen) atoms. The van der Waals surface area contributed by atoms with Crippen molar-refractivity contribution >= 4 is 28.9 Å². The summed E-state index contributed by atoms with van der Waals surface area (Å²) in [4.78, 5) is 26.8. The summed E-state index contributed by atoms with van der Waals surface area (Å²) in [5.41, 5.74) is 1.63. The van der Waals surface area contributed by atoms with Gasteiger partial charge in [-0.25, -0.2) is 9.59 Å². The van der Waals surface area contributed by atoms with Gasteiger partial charge in [-0.3, -0.25) is 0 Å². The number of esters is 2. The molecule has 3 rings (SSSR count). The van der Waals surface area contributed by atoms with Gasteiger partial charge in [0, 0.05) is 25.6 Å². The predicted octanol–water partition coefficient (Wildman–Crippen LogP) is 2.39. The van der Waals surface area contributed by atoms with E-state index in [1.165, 1.54) is 19.9 Å². The third-order valence-corrected chi connectivity index (χ3v) is 3.01. The lowest BCUT2D eigenvalue weighted by molar-refractivity contribution is -0.222. The largest absolute Gasteiger partial charge is 0.419 e. The number of fused-ring (bicyclic) bond motifs is 1. The van der Waals surface area contributed by atoms with Crippen molar-refractivity contribution in [2.24, 2.45) is 0 Å². The van der Waals surface area contributed by atoms with Crippen LogP contribution in [0.2, 0.25) is 0 Å². The molecule has 1 aliphatic heterocycles. The van der Waals surface area contributed by atoms with Crippen molar-refractivity contribution in [3.8, 4) is 0 Å². The Kier molecular flexibility index (Phi) is 2.64. The highest BCUT2D eigenvalue weighted by atomic mass is 16.7. The molecule has 1 saturated heterocycles. The first-order chi connectivity index (χ1) is 9.44. The Labute approximate surface area is 115 Å². The lowest BCUT2D eigenvalue weighted by Crippen LogP contribution is -2.41. The van der Waals surface area contributed by atoms with Crippen LogP contribution in [0.4, 0.5) is 0 Å². The maximum absolute atomic E-state index is 11.8. The fraction of sp³-hybridized carbons (Fsp3) is 0.200. The van der Waals surface area contributed by atoms with E-state index in [4.69, 9.17) is 9.47 Å². The van der Waals surface area contributed by atoms with E-state index >= 15 is 0 Å². The highest BCUT2D eigenvalue weighted by Crippen LogP contribution is 2.25. The second-order valence-corrected chi connectivity index (χ2v) is 5.06. The van der Waals surface area contributed by atoms with Crippen molar-refractivity contribution in [2.75, 3.05) is 0 Å². The average Bonchev–Trinajstić information content (AvgIpc) is 2.80. The van der Waals surface area contributed by atoms with Gasteiger partial charge in [0.2, 0.25) is 0 Å². The summed E-state index contributed by atoms with van der Waals surface area (Å²) in [7, 11) is 0. The van der Waals surface area contributed by atoms with Crippen LogP contribution in [0.1, 0.15) is 19.4 Å². The fourth-order valence-electron chi connectivity index (χ4n) is 2.11. The molecular formula is C15H13NO4. The molecule has 1 N–H and O–H groups in total. The zero-order chi connectivity index (χ0) is 14.3. The first-order valence-electron chi connectivity index (χ1n) is 6.20. The van der Waals surface area contributed by atoms with Gasteiger partial charge in [-0.15, -0.1) is 0 Å². The number of carbonyl (C=O) groups is 2. The summed E-state index contributed by atoms with van der Waals surface area (Å²) >= 11 is 0. The Morgan fingerprint density at radius 1 is 1.10 bits per heavy atom. The van der Waals surface area contributed by atoms with E-state index in [1.807, 2.05) is 30.5 Å². The third-order valence-electron chi connectivity index (χ3n) is 3.01. The molecule has 2 aromatic rings. The number of cyclic esters (lactones) is 2. The number of aromatic amines is 1. The molecule has 5 nitrogen and oxygen atoms in total. The van der Waals surface area contributed by atoms with Crippen molar-refractivity contribution in [1.29, 1.82) is 0 Å². The molecule has 2 heterocycles. The smallest absolute Gasteiger partial charge is 0.348 e. The third kappa shape index (κ3) is 2.18. The number of benzene rings is 1. The van der Waals surface area contributed by atoms with E-state index in [9.17, 15) is 9.59 Å². The Morgan fingerprint density at radius 2 is 1.80 bits per heavy atom. The van der Waals surface area contributed by atoms with Crippen LogP contribution in [0, 0.1) is 0 Å². The van der Waals surface area contributed by atoms with Crippen LogP contribution in [0.5, 0.6) is 0 Å². The van der Waals surface area contributed by atoms with E-state index in [1.54, 1.807) is 0 Å². The van der Waals surface area contributed by atoms with Crippen molar-refractivity contribution in [2.45, 2.75) is 19.6 Å². The molecule has 0 aliphatic carbocycles. The van der Waals surface area contributed by atoms with Gasteiger partial charge < -0.3 is 14.5 Å². The molecule has 1 fully saturated rings. The predicted molar refractivity (Wildman–Crippen MR) is 72.5 cm³/mol. The van der Waals surface area contributed by atoms with Crippen molar-refractivity contribution in [1.82, 2.24) is 4.98 Å². The molecule has 5 heteroatoms. The minimum absolute atomic E-state index is 0.0980. The Hall–Kier alpha value is -2.56. The number of carbonyl (C=O) groups excluding carboxylic acids is 2. The van der Waals surface area contributed by atoms with E-state index in [0.29, 0.717) is 0 Å². The van der Waals surface area contributed by atoms with Gasteiger partial charge in [-0.2, -0.15) is 0 Å². The molecule has 0 spiro atoms. The number of hydrogen-bond donors (Lipinski definition) is 1. The van der Waals surface area contributed by atoms with Crippen LogP contribution in [-0.2, 0) is 19.1 Å². The second kappa shape index (κ2) is 4.23. The van der Waals surface area contributed by atoms with Crippen molar-refractivity contribution in [3.63, 3.8) is 0 Å². The molecule has 0 radical (unpaired) electrons. The molecule has 102 valence electrons. The summed E-state index contributed by atoms with van der Waals surface area (Å²) in [6.45, 7) is 3.04. The van der Waals surface area contributed by atoms with Crippen LogP contribution in [0.25, 0.3) is 17.0 Å². The van der Waals surface area contributed by atoms with Crippen molar-refractivity contribution in [3.05, 3.63) is 41.6 Å². The summed E-state index contributed by atoms with van der Waals surface area (Å²) in [5, 5.41) is 0.997. The maximum atomic E-state index is 11.8. The maximum Gasteiger partial charge on any atom is 0.348 e. The number of hydrogen-bond acceptors (Lipinski definition) is 4. The molecule has 0 amide bonds. The number of rotatable bonds is 1. The Balaban J connectivity index is 1.98. The second-order valence-electron chi connectivity index (χ2n) is 5.06. The van der Waals surface area contributed by atoms with Gasteiger partial charge in [0.25, 0.3) is 5.79 Å². The highest BCUT2D eigenvalue weighted by Gasteiger charge is 2.38. The lowest BCUT2D eigenvalue weighted by atomic mass is 10.1. The quantitative estimate of drug-likeness (QED) is 0.491. The summed E-state index contributed by atoms with van der Waals surface area (Å²) in [6, 6.07) is 7.48. The van der Waals surface area contributed by atoms with Gasteiger partial charge in [-0.1, -0.05) is 6.07 Å². The monoisotopic (exact) mass is 271 g/mol. The number of ether oxygens (including phenoxy) is 2. The summed E-state index contributed by atoms with van der Waals surface area (Å²) < 4.78 is 10.1. The molecule has 0 saturated carbocycles. The van der Waals surface area contributed by atoms with Crippen LogP contribution < -0.4 is 0 Å². The van der Waals surface area contributed by atoms with E-state index in [0.717, 1.165) is 16.5 Å². The van der Waals surface area contributed by atoms with Crippen LogP contribution in [-0.4, -0.2) is 22.7 Å². The minimum Gasteiger partial charge on any atom is -0.419 e. The summed E-state index contributed by atoms with van der Waals surface area (Å²) in [6.07, 6.45) is 3.31. The van der Waals surface area contributed by atoms with Gasteiger partial charge in [0.05, 0.1) is 0 Å². The Bertz CT molecular complexity index is 717. The zero-order valence-corrected chi connectivity index (χ0v) is 11.1. The highest BCUT2D eigenvalue weighted by molar-refractivity contribution is 6.19. The van der Waals surface area contributed by atoms with Crippen LogP contribution in [0.3, 0.4) is 0 Å². The van der Waals surface area contributed by atoms with Crippen molar-refractivity contribution < 1.29 is 19.1 Å². The van der Waals surface area contributed by atoms with Crippen LogP contribution in [0.15, 0.2) is 36.0 Å². The molecule has 0 bridgehead atoms. The topological polar surface area (TPSA) is 68.4 Å². The number of nitrogens with one attached hydrogen (secondary N) is 1. The average molecular weight is 271 g/mol. The normalized spacial score (nSPS) is 17.8. The SMILES string of the molecule is CC1(C)OC(=O)C(=Cc2ccc3[nH]ccc3c2)C(=O)O1. The molecule has 1 aromatic heterocycles. The molecule has 0 atom stereocenters. The standard InChI is InChI=1S/C15H13NO4/c1-15(2)19-13(17)11(14(18)20-15)8-9-3-4-12-10(7-9)5-6-16-12/h3-8,16H,1-2H3. The van der Waals surface area contributed by atoms with Gasteiger partial charge in [-0.05, 0) is 35.2 Å². The number of H-pyrrole nitrogens is 1. The molecule has 1 aliphatic rings. The summed E-state index contributed by atoms with van der Waals surface area (Å²) in [5.74, 6) is -2.54. The lowest BCUT2D eigenvalue weighted by Gasteiger charge is -2.29. The molecule has 0 unspecified atom stereocenters. The number of aromatic nitrogens is 1. The fourth-order valence-corrected chi connectivity index (χ4v) is 2.11. The Morgan fingerprint density at radius 3 is 2.50 bits per heavy atom. The van der Waals surface area contributed by atoms with E-state index < -0.39 is 17.7 Å². The zero-order valence-electron chi connectivity index (χ0n) is 11.1. The van der Waals surface area contributed by atoms with Gasteiger partial charge in [0.1, 0.15) is 5.57 Å². The first-order valence-corrected chi connectivity index (χ1v) is 6.20.